The second-order valence-corrected chi connectivity index (χ2v) is 6.77. The number of hydrogen-bond donors (Lipinski definition) is 4. The molecule has 0 aromatic heterocycles. The summed E-state index contributed by atoms with van der Waals surface area (Å²) >= 11 is 5.88. The molecule has 0 radical (unpaired) electrons. The number of aliphatic hydroxyl groups is 2. The minimum atomic E-state index is -3.85. The SMILES string of the molecule is Cc1c(N)cc(S(=O)(=O)NCC(C)(O)CO)cc1Cl. The Labute approximate surface area is 117 Å². The number of sulfonamides is 1. The van der Waals surface area contributed by atoms with Gasteiger partial charge in [-0.2, -0.15) is 0 Å². The van der Waals surface area contributed by atoms with Gasteiger partial charge in [0, 0.05) is 17.3 Å². The Morgan fingerprint density at radius 2 is 2.05 bits per heavy atom. The van der Waals surface area contributed by atoms with Crippen molar-refractivity contribution in [3.63, 3.8) is 0 Å². The summed E-state index contributed by atoms with van der Waals surface area (Å²) in [6, 6.07) is 2.57. The molecule has 0 aliphatic heterocycles. The summed E-state index contributed by atoms with van der Waals surface area (Å²) in [7, 11) is -3.85. The predicted molar refractivity (Wildman–Crippen MR) is 73.5 cm³/mol. The van der Waals surface area contributed by atoms with Gasteiger partial charge in [0.1, 0.15) is 0 Å². The molecule has 5 N–H and O–H groups in total. The van der Waals surface area contributed by atoms with Gasteiger partial charge in [-0.25, -0.2) is 13.1 Å². The first-order valence-electron chi connectivity index (χ1n) is 5.47. The molecule has 6 nitrogen and oxygen atoms in total. The largest absolute Gasteiger partial charge is 0.398 e. The van der Waals surface area contributed by atoms with Crippen molar-refractivity contribution in [3.8, 4) is 0 Å². The molecule has 1 aromatic rings. The van der Waals surface area contributed by atoms with Crippen LogP contribution in [0.2, 0.25) is 5.02 Å². The highest BCUT2D eigenvalue weighted by Gasteiger charge is 2.24. The van der Waals surface area contributed by atoms with Gasteiger partial charge in [0.2, 0.25) is 10.0 Å². The molecular formula is C11H17ClN2O4S. The van der Waals surface area contributed by atoms with E-state index in [0.717, 1.165) is 0 Å². The molecule has 1 aromatic carbocycles. The maximum atomic E-state index is 12.0. The number of nitrogens with one attached hydrogen (secondary N) is 1. The van der Waals surface area contributed by atoms with E-state index in [0.29, 0.717) is 5.56 Å². The van der Waals surface area contributed by atoms with Crippen molar-refractivity contribution in [2.45, 2.75) is 24.3 Å². The first-order valence-corrected chi connectivity index (χ1v) is 7.34. The standard InChI is InChI=1S/C11H17ClN2O4S/c1-7-9(12)3-8(4-10(7)13)19(17,18)14-5-11(2,16)6-15/h3-4,14-16H,5-6,13H2,1-2H3. The first kappa shape index (κ1) is 16.2. The zero-order valence-electron chi connectivity index (χ0n) is 10.6. The zero-order chi connectivity index (χ0) is 14.8. The van der Waals surface area contributed by atoms with Crippen LogP contribution in [0, 0.1) is 6.92 Å². The molecule has 0 heterocycles. The van der Waals surface area contributed by atoms with E-state index in [-0.39, 0.29) is 22.2 Å². The molecule has 0 saturated carbocycles. The fraction of sp³-hybridized carbons (Fsp3) is 0.455. The average molecular weight is 309 g/mol. The van der Waals surface area contributed by atoms with Crippen LogP contribution < -0.4 is 10.5 Å². The summed E-state index contributed by atoms with van der Waals surface area (Å²) in [6.45, 7) is 2.10. The summed E-state index contributed by atoms with van der Waals surface area (Å²) in [5.74, 6) is 0. The number of nitrogens with two attached hydrogens (primary N) is 1. The van der Waals surface area contributed by atoms with E-state index in [2.05, 4.69) is 4.72 Å². The lowest BCUT2D eigenvalue weighted by Gasteiger charge is -2.20. The van der Waals surface area contributed by atoms with Crippen LogP contribution in [-0.2, 0) is 10.0 Å². The zero-order valence-corrected chi connectivity index (χ0v) is 12.2. The van der Waals surface area contributed by atoms with Crippen LogP contribution in [-0.4, -0.2) is 37.4 Å². The molecule has 0 spiro atoms. The normalized spacial score (nSPS) is 15.2. The molecule has 0 aliphatic rings. The van der Waals surface area contributed by atoms with Crippen LogP contribution in [0.3, 0.4) is 0 Å². The summed E-state index contributed by atoms with van der Waals surface area (Å²) < 4.78 is 26.2. The lowest BCUT2D eigenvalue weighted by Crippen LogP contribution is -2.43. The monoisotopic (exact) mass is 308 g/mol. The lowest BCUT2D eigenvalue weighted by molar-refractivity contribution is 0.00681. The summed E-state index contributed by atoms with van der Waals surface area (Å²) in [6.07, 6.45) is 0. The van der Waals surface area contributed by atoms with Crippen molar-refractivity contribution in [2.24, 2.45) is 0 Å². The molecule has 1 atom stereocenters. The van der Waals surface area contributed by atoms with Gasteiger partial charge in [0.15, 0.2) is 0 Å². The fourth-order valence-corrected chi connectivity index (χ4v) is 2.73. The first-order chi connectivity index (χ1) is 8.59. The topological polar surface area (TPSA) is 113 Å². The van der Waals surface area contributed by atoms with Crippen LogP contribution in [0.1, 0.15) is 12.5 Å². The lowest BCUT2D eigenvalue weighted by atomic mass is 10.1. The van der Waals surface area contributed by atoms with Crippen LogP contribution in [0.15, 0.2) is 17.0 Å². The van der Waals surface area contributed by atoms with Crippen molar-refractivity contribution in [1.82, 2.24) is 4.72 Å². The number of benzene rings is 1. The van der Waals surface area contributed by atoms with E-state index in [4.69, 9.17) is 22.4 Å². The van der Waals surface area contributed by atoms with Crippen LogP contribution in [0.4, 0.5) is 5.69 Å². The average Bonchev–Trinajstić information content (AvgIpc) is 2.33. The van der Waals surface area contributed by atoms with Gasteiger partial charge in [-0.15, -0.1) is 0 Å². The molecule has 1 unspecified atom stereocenters. The summed E-state index contributed by atoms with van der Waals surface area (Å²) in [5, 5.41) is 18.7. The molecule has 0 saturated heterocycles. The number of nitrogen functional groups attached to an aromatic ring is 1. The number of aliphatic hydroxyl groups excluding tert-OH is 1. The Balaban J connectivity index is 3.02. The third kappa shape index (κ3) is 4.05. The second-order valence-electron chi connectivity index (χ2n) is 4.60. The van der Waals surface area contributed by atoms with Gasteiger partial charge < -0.3 is 15.9 Å². The maximum Gasteiger partial charge on any atom is 0.240 e. The van der Waals surface area contributed by atoms with Crippen molar-refractivity contribution < 1.29 is 18.6 Å². The Bertz CT molecular complexity index is 549. The van der Waals surface area contributed by atoms with Crippen LogP contribution in [0.25, 0.3) is 0 Å². The number of rotatable bonds is 5. The maximum absolute atomic E-state index is 12.0. The van der Waals surface area contributed by atoms with Crippen molar-refractivity contribution >= 4 is 27.3 Å². The number of anilines is 1. The molecule has 0 fully saturated rings. The molecule has 0 amide bonds. The van der Waals surface area contributed by atoms with E-state index < -0.39 is 22.2 Å². The Kier molecular flexibility index (Phi) is 4.81. The van der Waals surface area contributed by atoms with Gasteiger partial charge in [-0.1, -0.05) is 11.6 Å². The van der Waals surface area contributed by atoms with E-state index in [9.17, 15) is 13.5 Å². The molecule has 108 valence electrons. The van der Waals surface area contributed by atoms with Gasteiger partial charge >= 0.3 is 0 Å². The fourth-order valence-electron chi connectivity index (χ4n) is 1.22. The Hall–Kier alpha value is -0.860. The van der Waals surface area contributed by atoms with E-state index in [1.54, 1.807) is 6.92 Å². The minimum Gasteiger partial charge on any atom is -0.398 e. The molecule has 0 aliphatic carbocycles. The van der Waals surface area contributed by atoms with Gasteiger partial charge in [-0.3, -0.25) is 0 Å². The predicted octanol–water partition coefficient (Wildman–Crippen LogP) is 0.252. The van der Waals surface area contributed by atoms with Crippen LogP contribution >= 0.6 is 11.6 Å². The quantitative estimate of drug-likeness (QED) is 0.583. The van der Waals surface area contributed by atoms with Crippen molar-refractivity contribution in [1.29, 1.82) is 0 Å². The highest BCUT2D eigenvalue weighted by atomic mass is 35.5. The van der Waals surface area contributed by atoms with Gasteiger partial charge in [0.05, 0.1) is 17.1 Å². The molecular weight excluding hydrogens is 292 g/mol. The number of hydrogen-bond acceptors (Lipinski definition) is 5. The van der Waals surface area contributed by atoms with E-state index in [1.165, 1.54) is 19.1 Å². The number of halogens is 1. The van der Waals surface area contributed by atoms with Crippen molar-refractivity contribution in [2.75, 3.05) is 18.9 Å². The summed E-state index contributed by atoms with van der Waals surface area (Å²) in [4.78, 5) is -0.0886. The smallest absolute Gasteiger partial charge is 0.240 e. The molecule has 0 bridgehead atoms. The molecule has 1 rings (SSSR count). The third-order valence-corrected chi connectivity index (χ3v) is 4.43. The Morgan fingerprint density at radius 1 is 1.47 bits per heavy atom. The Morgan fingerprint density at radius 3 is 2.53 bits per heavy atom. The molecule has 19 heavy (non-hydrogen) atoms. The highest BCUT2D eigenvalue weighted by molar-refractivity contribution is 7.89. The molecule has 8 heteroatoms. The van der Waals surface area contributed by atoms with Crippen molar-refractivity contribution in [3.05, 3.63) is 22.7 Å². The van der Waals surface area contributed by atoms with Gasteiger partial charge in [0.25, 0.3) is 0 Å². The van der Waals surface area contributed by atoms with Gasteiger partial charge in [-0.05, 0) is 31.5 Å². The third-order valence-electron chi connectivity index (χ3n) is 2.65. The summed E-state index contributed by atoms with van der Waals surface area (Å²) in [5.41, 5.74) is 4.99. The highest BCUT2D eigenvalue weighted by Crippen LogP contribution is 2.25. The van der Waals surface area contributed by atoms with Crippen LogP contribution in [0.5, 0.6) is 0 Å². The van der Waals surface area contributed by atoms with E-state index >= 15 is 0 Å². The van der Waals surface area contributed by atoms with E-state index in [1.807, 2.05) is 0 Å². The second kappa shape index (κ2) is 5.64. The minimum absolute atomic E-state index is 0.0886.